The Labute approximate surface area is 167 Å². The summed E-state index contributed by atoms with van der Waals surface area (Å²) in [5, 5.41) is 5.53. The van der Waals surface area contributed by atoms with Crippen molar-refractivity contribution in [1.82, 2.24) is 10.2 Å². The van der Waals surface area contributed by atoms with Gasteiger partial charge in [-0.3, -0.25) is 4.79 Å². The van der Waals surface area contributed by atoms with Crippen molar-refractivity contribution in [2.24, 2.45) is 0 Å². The Hall–Kier alpha value is -2.65. The number of fused-ring (bicyclic) bond motifs is 1. The van der Waals surface area contributed by atoms with Gasteiger partial charge in [-0.2, -0.15) is 0 Å². The summed E-state index contributed by atoms with van der Waals surface area (Å²) in [6, 6.07) is 23.3. The smallest absolute Gasteiger partial charge is 0.251 e. The molecule has 3 nitrogen and oxygen atoms in total. The summed E-state index contributed by atoms with van der Waals surface area (Å²) in [5.74, 6) is 0.0172. The summed E-state index contributed by atoms with van der Waals surface area (Å²) < 4.78 is 0. The third-order valence-corrected chi connectivity index (χ3v) is 5.95. The number of nitrogens with zero attached hydrogens (tertiary/aromatic N) is 1. The zero-order valence-corrected chi connectivity index (χ0v) is 16.5. The maximum Gasteiger partial charge on any atom is 0.251 e. The first-order valence-electron chi connectivity index (χ1n) is 10.2. The van der Waals surface area contributed by atoms with Gasteiger partial charge in [0.1, 0.15) is 0 Å². The SMILES string of the molecule is CN1CCCC1CCc1ccccc1C(=O)NCc1ccc2ccccc2c1. The molecule has 1 atom stereocenters. The molecule has 3 aromatic rings. The standard InChI is InChI=1S/C25H28N2O/c1-27-16-6-10-23(27)15-14-21-8-4-5-11-24(21)25(28)26-18-19-12-13-20-7-2-3-9-22(20)17-19/h2-5,7-9,11-13,17,23H,6,10,14-16,18H2,1H3,(H,26,28). The molecule has 1 fully saturated rings. The van der Waals surface area contributed by atoms with E-state index in [0.717, 1.165) is 29.5 Å². The fourth-order valence-electron chi connectivity index (χ4n) is 4.25. The molecule has 0 spiro atoms. The lowest BCUT2D eigenvalue weighted by Gasteiger charge is -2.19. The van der Waals surface area contributed by atoms with E-state index in [2.05, 4.69) is 53.7 Å². The molecule has 0 bridgehead atoms. The molecule has 1 aliphatic rings. The number of hydrogen-bond donors (Lipinski definition) is 1. The number of benzene rings is 3. The molecule has 1 unspecified atom stereocenters. The third-order valence-electron chi connectivity index (χ3n) is 5.95. The number of hydrogen-bond acceptors (Lipinski definition) is 2. The van der Waals surface area contributed by atoms with E-state index in [0.29, 0.717) is 12.6 Å². The van der Waals surface area contributed by atoms with E-state index in [1.807, 2.05) is 30.3 Å². The number of rotatable bonds is 6. The van der Waals surface area contributed by atoms with E-state index in [1.54, 1.807) is 0 Å². The summed E-state index contributed by atoms with van der Waals surface area (Å²) >= 11 is 0. The van der Waals surface area contributed by atoms with Gasteiger partial charge in [0.2, 0.25) is 0 Å². The first kappa shape index (κ1) is 18.7. The monoisotopic (exact) mass is 372 g/mol. The quantitative estimate of drug-likeness (QED) is 0.674. The molecular formula is C25H28N2O. The van der Waals surface area contributed by atoms with Crippen LogP contribution in [0.15, 0.2) is 66.7 Å². The number of likely N-dealkylation sites (tertiary alicyclic amines) is 1. The van der Waals surface area contributed by atoms with Crippen molar-refractivity contribution < 1.29 is 4.79 Å². The second-order valence-corrected chi connectivity index (χ2v) is 7.84. The van der Waals surface area contributed by atoms with Crippen molar-refractivity contribution in [2.45, 2.75) is 38.3 Å². The molecule has 3 heteroatoms. The predicted octanol–water partition coefficient (Wildman–Crippen LogP) is 4.80. The molecule has 4 rings (SSSR count). The van der Waals surface area contributed by atoms with Gasteiger partial charge in [0.25, 0.3) is 5.91 Å². The largest absolute Gasteiger partial charge is 0.348 e. The summed E-state index contributed by atoms with van der Waals surface area (Å²) in [7, 11) is 2.21. The second kappa shape index (κ2) is 8.57. The van der Waals surface area contributed by atoms with Crippen molar-refractivity contribution in [1.29, 1.82) is 0 Å². The van der Waals surface area contributed by atoms with Gasteiger partial charge in [-0.25, -0.2) is 0 Å². The van der Waals surface area contributed by atoms with Crippen LogP contribution in [0.3, 0.4) is 0 Å². The normalized spacial score (nSPS) is 17.1. The number of carbonyl (C=O) groups is 1. The number of nitrogens with one attached hydrogen (secondary N) is 1. The average molecular weight is 373 g/mol. The lowest BCUT2D eigenvalue weighted by atomic mass is 9.98. The molecule has 0 radical (unpaired) electrons. The fourth-order valence-corrected chi connectivity index (χ4v) is 4.25. The highest BCUT2D eigenvalue weighted by Crippen LogP contribution is 2.21. The molecule has 0 saturated carbocycles. The van der Waals surface area contributed by atoms with E-state index in [-0.39, 0.29) is 5.91 Å². The van der Waals surface area contributed by atoms with Crippen molar-refractivity contribution >= 4 is 16.7 Å². The van der Waals surface area contributed by atoms with E-state index >= 15 is 0 Å². The summed E-state index contributed by atoms with van der Waals surface area (Å²) in [5.41, 5.74) is 3.08. The van der Waals surface area contributed by atoms with Gasteiger partial charge in [-0.05, 0) is 73.3 Å². The van der Waals surface area contributed by atoms with Crippen LogP contribution in [0.2, 0.25) is 0 Å². The summed E-state index contributed by atoms with van der Waals surface area (Å²) in [6.45, 7) is 1.74. The molecule has 1 N–H and O–H groups in total. The third kappa shape index (κ3) is 4.26. The Morgan fingerprint density at radius 2 is 1.82 bits per heavy atom. The van der Waals surface area contributed by atoms with Gasteiger partial charge in [0.15, 0.2) is 0 Å². The molecule has 1 amide bonds. The highest BCUT2D eigenvalue weighted by atomic mass is 16.1. The van der Waals surface area contributed by atoms with E-state index in [9.17, 15) is 4.79 Å². The summed E-state index contributed by atoms with van der Waals surface area (Å²) in [6.07, 6.45) is 4.63. The Kier molecular flexibility index (Phi) is 5.73. The van der Waals surface area contributed by atoms with Crippen LogP contribution in [-0.2, 0) is 13.0 Å². The molecule has 144 valence electrons. The fraction of sp³-hybridized carbons (Fsp3) is 0.320. The highest BCUT2D eigenvalue weighted by molar-refractivity contribution is 5.95. The molecule has 3 aromatic carbocycles. The topological polar surface area (TPSA) is 32.3 Å². The first-order chi connectivity index (χ1) is 13.7. The molecule has 1 aliphatic heterocycles. The van der Waals surface area contributed by atoms with E-state index < -0.39 is 0 Å². The maximum absolute atomic E-state index is 12.8. The Balaban J connectivity index is 1.41. The highest BCUT2D eigenvalue weighted by Gasteiger charge is 2.21. The zero-order valence-electron chi connectivity index (χ0n) is 16.5. The maximum atomic E-state index is 12.8. The Bertz CT molecular complexity index is 965. The molecule has 1 saturated heterocycles. The van der Waals surface area contributed by atoms with Crippen molar-refractivity contribution in [3.05, 3.63) is 83.4 Å². The van der Waals surface area contributed by atoms with Gasteiger partial charge in [-0.1, -0.05) is 54.6 Å². The molecule has 28 heavy (non-hydrogen) atoms. The average Bonchev–Trinajstić information content (AvgIpc) is 3.15. The van der Waals surface area contributed by atoms with Crippen LogP contribution in [0.25, 0.3) is 10.8 Å². The van der Waals surface area contributed by atoms with Gasteiger partial charge in [0.05, 0.1) is 0 Å². The lowest BCUT2D eigenvalue weighted by molar-refractivity contribution is 0.0950. The lowest BCUT2D eigenvalue weighted by Crippen LogP contribution is -2.26. The second-order valence-electron chi connectivity index (χ2n) is 7.84. The van der Waals surface area contributed by atoms with Gasteiger partial charge in [0, 0.05) is 18.2 Å². The van der Waals surface area contributed by atoms with Crippen LogP contribution in [0.1, 0.15) is 40.7 Å². The minimum absolute atomic E-state index is 0.0172. The van der Waals surface area contributed by atoms with Gasteiger partial charge < -0.3 is 10.2 Å². The number of aryl methyl sites for hydroxylation is 1. The molecule has 0 aliphatic carbocycles. The Morgan fingerprint density at radius 1 is 1.04 bits per heavy atom. The van der Waals surface area contributed by atoms with Crippen LogP contribution in [-0.4, -0.2) is 30.4 Å². The minimum atomic E-state index is 0.0172. The van der Waals surface area contributed by atoms with Crippen molar-refractivity contribution in [2.75, 3.05) is 13.6 Å². The van der Waals surface area contributed by atoms with Crippen LogP contribution in [0, 0.1) is 0 Å². The van der Waals surface area contributed by atoms with Crippen LogP contribution >= 0.6 is 0 Å². The van der Waals surface area contributed by atoms with Crippen molar-refractivity contribution in [3.8, 4) is 0 Å². The number of amides is 1. The first-order valence-corrected chi connectivity index (χ1v) is 10.2. The molecule has 1 heterocycles. The van der Waals surface area contributed by atoms with Crippen LogP contribution in [0.5, 0.6) is 0 Å². The Morgan fingerprint density at radius 3 is 2.64 bits per heavy atom. The molecule has 0 aromatic heterocycles. The zero-order chi connectivity index (χ0) is 19.3. The van der Waals surface area contributed by atoms with E-state index in [4.69, 9.17) is 0 Å². The summed E-state index contributed by atoms with van der Waals surface area (Å²) in [4.78, 5) is 15.3. The number of carbonyl (C=O) groups excluding carboxylic acids is 1. The van der Waals surface area contributed by atoms with E-state index in [1.165, 1.54) is 30.2 Å². The predicted molar refractivity (Wildman–Crippen MR) is 116 cm³/mol. The molecular weight excluding hydrogens is 344 g/mol. The minimum Gasteiger partial charge on any atom is -0.348 e. The van der Waals surface area contributed by atoms with Gasteiger partial charge >= 0.3 is 0 Å². The van der Waals surface area contributed by atoms with Crippen LogP contribution in [0.4, 0.5) is 0 Å². The van der Waals surface area contributed by atoms with Gasteiger partial charge in [-0.15, -0.1) is 0 Å². The van der Waals surface area contributed by atoms with Crippen LogP contribution < -0.4 is 5.32 Å². The van der Waals surface area contributed by atoms with Crippen molar-refractivity contribution in [3.63, 3.8) is 0 Å².